The Labute approximate surface area is 276 Å². The number of benzene rings is 3. The highest BCUT2D eigenvalue weighted by Gasteiger charge is 2.21. The molecule has 1 heterocycles. The van der Waals surface area contributed by atoms with Gasteiger partial charge in [-0.05, 0) is 102 Å². The molecular formula is C38H44ClFN4S. The van der Waals surface area contributed by atoms with Crippen LogP contribution in [0.4, 0.5) is 4.39 Å². The topological polar surface area (TPSA) is 55.9 Å². The summed E-state index contributed by atoms with van der Waals surface area (Å²) in [7, 11) is 1.93. The van der Waals surface area contributed by atoms with Crippen LogP contribution in [0.1, 0.15) is 55.6 Å². The Balaban J connectivity index is 1.31. The first-order valence-electron chi connectivity index (χ1n) is 15.9. The van der Waals surface area contributed by atoms with Gasteiger partial charge in [-0.1, -0.05) is 74.5 Å². The second kappa shape index (κ2) is 15.3. The van der Waals surface area contributed by atoms with Crippen molar-refractivity contribution in [2.75, 3.05) is 18.1 Å². The summed E-state index contributed by atoms with van der Waals surface area (Å²) in [5.74, 6) is 2.77. The van der Waals surface area contributed by atoms with Crippen LogP contribution in [0.2, 0.25) is 5.02 Å². The molecule has 4 nitrogen and oxygen atoms in total. The molecule has 236 valence electrons. The third-order valence-electron chi connectivity index (χ3n) is 8.46. The van der Waals surface area contributed by atoms with Gasteiger partial charge in [-0.2, -0.15) is 11.8 Å². The third-order valence-corrected chi connectivity index (χ3v) is 9.70. The van der Waals surface area contributed by atoms with Crippen molar-refractivity contribution in [2.24, 2.45) is 18.7 Å². The number of nitrogens with one attached hydrogen (secondary N) is 1. The molecule has 0 saturated heterocycles. The van der Waals surface area contributed by atoms with Crippen LogP contribution in [0.15, 0.2) is 85.2 Å². The highest BCUT2D eigenvalue weighted by molar-refractivity contribution is 7.99. The molecule has 1 aromatic heterocycles. The zero-order chi connectivity index (χ0) is 31.9. The number of fused-ring (bicyclic) bond motifs is 1. The number of nitrogens with two attached hydrogens (primary N) is 1. The van der Waals surface area contributed by atoms with Gasteiger partial charge in [-0.15, -0.1) is 0 Å². The second-order valence-electron chi connectivity index (χ2n) is 12.2. The van der Waals surface area contributed by atoms with E-state index in [-0.39, 0.29) is 11.7 Å². The van der Waals surface area contributed by atoms with Gasteiger partial charge in [-0.25, -0.2) is 9.37 Å². The fraction of sp³-hybridized carbons (Fsp3) is 0.342. The van der Waals surface area contributed by atoms with Gasteiger partial charge in [0, 0.05) is 41.7 Å². The van der Waals surface area contributed by atoms with E-state index < -0.39 is 0 Å². The molecule has 0 saturated carbocycles. The van der Waals surface area contributed by atoms with E-state index in [2.05, 4.69) is 56.1 Å². The van der Waals surface area contributed by atoms with E-state index in [1.165, 1.54) is 16.7 Å². The summed E-state index contributed by atoms with van der Waals surface area (Å²) in [6.07, 6.45) is 8.30. The molecule has 0 radical (unpaired) electrons. The number of rotatable bonds is 13. The van der Waals surface area contributed by atoms with E-state index in [0.29, 0.717) is 23.1 Å². The molecule has 7 heteroatoms. The maximum Gasteiger partial charge on any atom is 0.143 e. The first kappa shape index (κ1) is 33.1. The molecule has 3 N–H and O–H groups in total. The van der Waals surface area contributed by atoms with Gasteiger partial charge in [0.2, 0.25) is 0 Å². The number of allylic oxidation sites excluding steroid dienone is 4. The maximum absolute atomic E-state index is 15.9. The lowest BCUT2D eigenvalue weighted by Gasteiger charge is -2.16. The van der Waals surface area contributed by atoms with Gasteiger partial charge in [-0.3, -0.25) is 0 Å². The van der Waals surface area contributed by atoms with Crippen LogP contribution in [-0.2, 0) is 19.9 Å². The number of hydrogen-bond acceptors (Lipinski definition) is 4. The zero-order valence-corrected chi connectivity index (χ0v) is 28.2. The Kier molecular flexibility index (Phi) is 11.2. The number of aromatic nitrogens is 2. The highest BCUT2D eigenvalue weighted by atomic mass is 35.5. The van der Waals surface area contributed by atoms with Gasteiger partial charge in [0.15, 0.2) is 0 Å². The molecule has 1 atom stereocenters. The summed E-state index contributed by atoms with van der Waals surface area (Å²) in [4.78, 5) is 4.80. The SMILES string of the molecule is C=C(N)c1ccc2c(c1)nc(C1=CCCC(CCc3cc(CCSCCNC(C)C)ccc3-c3ccc(Cl)cc3)C=C1F)n2C. The summed E-state index contributed by atoms with van der Waals surface area (Å²) in [6.45, 7) is 9.23. The molecule has 0 amide bonds. The van der Waals surface area contributed by atoms with Gasteiger partial charge >= 0.3 is 0 Å². The van der Waals surface area contributed by atoms with E-state index >= 15 is 4.39 Å². The monoisotopic (exact) mass is 642 g/mol. The standard InChI is InChI=1S/C38H44ClFN4S/c1-25(2)42-19-21-45-20-18-28-9-16-33(29-11-14-32(39)15-12-29)31(22-28)10-8-27-6-5-7-34(35(40)23-27)38-43-36-24-30(26(3)41)13-17-37(36)44(38)4/h7,9,11-17,22-25,27,42H,3,5-6,8,10,18-21,41H2,1-2,4H3. The fourth-order valence-electron chi connectivity index (χ4n) is 5.96. The number of aryl methyl sites for hydroxylation is 3. The normalized spacial score (nSPS) is 15.3. The number of thioether (sulfide) groups is 1. The maximum atomic E-state index is 15.9. The first-order chi connectivity index (χ1) is 21.7. The predicted octanol–water partition coefficient (Wildman–Crippen LogP) is 9.38. The van der Waals surface area contributed by atoms with E-state index in [9.17, 15) is 0 Å². The quantitative estimate of drug-likeness (QED) is 0.143. The Hall–Kier alpha value is -3.32. The van der Waals surface area contributed by atoms with E-state index in [4.69, 9.17) is 22.3 Å². The lowest BCUT2D eigenvalue weighted by Crippen LogP contribution is -2.25. The zero-order valence-electron chi connectivity index (χ0n) is 26.6. The van der Waals surface area contributed by atoms with E-state index in [1.807, 2.05) is 65.9 Å². The van der Waals surface area contributed by atoms with Gasteiger partial charge in [0.1, 0.15) is 11.7 Å². The van der Waals surface area contributed by atoms with Crippen LogP contribution in [0.3, 0.4) is 0 Å². The second-order valence-corrected chi connectivity index (χ2v) is 13.9. The van der Waals surface area contributed by atoms with Crippen LogP contribution in [0.5, 0.6) is 0 Å². The number of halogens is 2. The Morgan fingerprint density at radius 2 is 1.91 bits per heavy atom. The lowest BCUT2D eigenvalue weighted by atomic mass is 9.90. The van der Waals surface area contributed by atoms with Crippen LogP contribution < -0.4 is 11.1 Å². The van der Waals surface area contributed by atoms with Crippen molar-refractivity contribution in [1.29, 1.82) is 0 Å². The molecule has 1 aliphatic rings. The third kappa shape index (κ3) is 8.49. The summed E-state index contributed by atoms with van der Waals surface area (Å²) in [6, 6.07) is 21.3. The Bertz CT molecular complexity index is 1700. The summed E-state index contributed by atoms with van der Waals surface area (Å²) in [5.41, 5.74) is 14.5. The van der Waals surface area contributed by atoms with Crippen molar-refractivity contribution in [3.63, 3.8) is 0 Å². The van der Waals surface area contributed by atoms with Crippen molar-refractivity contribution < 1.29 is 4.39 Å². The van der Waals surface area contributed by atoms with Gasteiger partial charge in [0.05, 0.1) is 11.0 Å². The number of nitrogens with zero attached hydrogens (tertiary/aromatic N) is 2. The number of hydrogen-bond donors (Lipinski definition) is 2. The van der Waals surface area contributed by atoms with E-state index in [0.717, 1.165) is 77.3 Å². The van der Waals surface area contributed by atoms with E-state index in [1.54, 1.807) is 0 Å². The summed E-state index contributed by atoms with van der Waals surface area (Å²) in [5, 5.41) is 4.22. The fourth-order valence-corrected chi connectivity index (χ4v) is 6.93. The highest BCUT2D eigenvalue weighted by Crippen LogP contribution is 2.35. The van der Waals surface area contributed by atoms with Crippen LogP contribution in [-0.4, -0.2) is 33.6 Å². The van der Waals surface area contributed by atoms with Crippen LogP contribution in [0, 0.1) is 5.92 Å². The average Bonchev–Trinajstić information content (AvgIpc) is 3.22. The molecule has 3 aromatic carbocycles. The smallest absolute Gasteiger partial charge is 0.143 e. The minimum absolute atomic E-state index is 0.131. The predicted molar refractivity (Wildman–Crippen MR) is 193 cm³/mol. The molecule has 1 aliphatic carbocycles. The average molecular weight is 643 g/mol. The summed E-state index contributed by atoms with van der Waals surface area (Å²) >= 11 is 8.20. The molecule has 0 aliphatic heterocycles. The minimum atomic E-state index is -0.199. The number of imidazole rings is 1. The molecule has 45 heavy (non-hydrogen) atoms. The van der Waals surface area contributed by atoms with Crippen molar-refractivity contribution in [3.8, 4) is 11.1 Å². The largest absolute Gasteiger partial charge is 0.399 e. The van der Waals surface area contributed by atoms with Crippen molar-refractivity contribution in [1.82, 2.24) is 14.9 Å². The van der Waals surface area contributed by atoms with Gasteiger partial charge in [0.25, 0.3) is 0 Å². The van der Waals surface area contributed by atoms with Crippen LogP contribution >= 0.6 is 23.4 Å². The van der Waals surface area contributed by atoms with Crippen LogP contribution in [0.25, 0.3) is 33.4 Å². The summed E-state index contributed by atoms with van der Waals surface area (Å²) < 4.78 is 17.8. The molecule has 1 unspecified atom stereocenters. The molecule has 5 rings (SSSR count). The Morgan fingerprint density at radius 3 is 2.67 bits per heavy atom. The molecule has 0 bridgehead atoms. The first-order valence-corrected chi connectivity index (χ1v) is 17.4. The lowest BCUT2D eigenvalue weighted by molar-refractivity contribution is 0.539. The molecule has 4 aromatic rings. The molecular weight excluding hydrogens is 599 g/mol. The van der Waals surface area contributed by atoms with Crippen molar-refractivity contribution in [3.05, 3.63) is 113 Å². The molecule has 0 fully saturated rings. The molecule has 0 spiro atoms. The van der Waals surface area contributed by atoms with Crippen molar-refractivity contribution >= 4 is 45.7 Å². The minimum Gasteiger partial charge on any atom is -0.399 e. The van der Waals surface area contributed by atoms with Crippen molar-refractivity contribution in [2.45, 2.75) is 52.0 Å². The Morgan fingerprint density at radius 1 is 1.11 bits per heavy atom. The van der Waals surface area contributed by atoms with Gasteiger partial charge < -0.3 is 15.6 Å².